The van der Waals surface area contributed by atoms with Crippen LogP contribution in [0.3, 0.4) is 0 Å². The molecule has 0 spiro atoms. The van der Waals surface area contributed by atoms with Crippen LogP contribution in [0, 0.1) is 0 Å². The summed E-state index contributed by atoms with van der Waals surface area (Å²) in [6, 6.07) is 3.37. The van der Waals surface area contributed by atoms with Crippen LogP contribution < -0.4 is 0 Å². The molecule has 1 atom stereocenters. The van der Waals surface area contributed by atoms with Crippen molar-refractivity contribution in [3.05, 3.63) is 23.7 Å². The van der Waals surface area contributed by atoms with Crippen LogP contribution in [0.5, 0.6) is 0 Å². The molecule has 2 rings (SSSR count). The summed E-state index contributed by atoms with van der Waals surface area (Å²) in [7, 11) is 0. The van der Waals surface area contributed by atoms with E-state index in [0.29, 0.717) is 24.4 Å². The zero-order chi connectivity index (χ0) is 10.5. The Morgan fingerprint density at radius 3 is 3.07 bits per heavy atom. The van der Waals surface area contributed by atoms with E-state index in [4.69, 9.17) is 13.9 Å². The minimum Gasteiger partial charge on any atom is -0.456 e. The molecule has 0 amide bonds. The minimum atomic E-state index is -0.122. The number of carbonyl (C=O) groups excluding carboxylic acids is 1. The van der Waals surface area contributed by atoms with Gasteiger partial charge in [0.2, 0.25) is 0 Å². The lowest BCUT2D eigenvalue weighted by Crippen LogP contribution is -2.21. The van der Waals surface area contributed by atoms with Crippen LogP contribution in [-0.2, 0) is 16.1 Å². The summed E-state index contributed by atoms with van der Waals surface area (Å²) in [5.41, 5.74) is 0. The molecular weight excluding hydrogens is 196 g/mol. The van der Waals surface area contributed by atoms with Crippen LogP contribution in [0.4, 0.5) is 0 Å². The van der Waals surface area contributed by atoms with Gasteiger partial charge < -0.3 is 13.9 Å². The third kappa shape index (κ3) is 2.91. The van der Waals surface area contributed by atoms with E-state index in [1.54, 1.807) is 12.1 Å². The lowest BCUT2D eigenvalue weighted by molar-refractivity contribution is -0.171. The van der Waals surface area contributed by atoms with E-state index in [2.05, 4.69) is 0 Å². The van der Waals surface area contributed by atoms with E-state index in [1.165, 1.54) is 0 Å². The molecule has 2 heterocycles. The van der Waals surface area contributed by atoms with E-state index in [0.717, 1.165) is 25.9 Å². The van der Waals surface area contributed by atoms with Crippen molar-refractivity contribution in [2.24, 2.45) is 0 Å². The Morgan fingerprint density at radius 1 is 1.47 bits per heavy atom. The fourth-order valence-corrected chi connectivity index (χ4v) is 1.55. The zero-order valence-electron chi connectivity index (χ0n) is 8.48. The smallest absolute Gasteiger partial charge is 0.185 e. The molecule has 0 N–H and O–H groups in total. The van der Waals surface area contributed by atoms with Crippen LogP contribution in [0.15, 0.2) is 16.5 Å². The predicted molar refractivity (Wildman–Crippen MR) is 52.5 cm³/mol. The number of furan rings is 1. The van der Waals surface area contributed by atoms with Crippen molar-refractivity contribution >= 4 is 6.29 Å². The Hall–Kier alpha value is -1.13. The summed E-state index contributed by atoms with van der Waals surface area (Å²) in [6.07, 6.45) is 3.74. The van der Waals surface area contributed by atoms with Gasteiger partial charge in [-0.25, -0.2) is 0 Å². The van der Waals surface area contributed by atoms with Gasteiger partial charge in [-0.2, -0.15) is 0 Å². The Labute approximate surface area is 88.2 Å². The van der Waals surface area contributed by atoms with Gasteiger partial charge in [0.15, 0.2) is 18.3 Å². The molecule has 0 radical (unpaired) electrons. The standard InChI is InChI=1S/C11H14O4/c12-7-9-4-5-10(15-9)8-14-11-3-1-2-6-13-11/h4-5,7,11H,1-3,6,8H2. The average Bonchev–Trinajstić information content (AvgIpc) is 2.76. The van der Waals surface area contributed by atoms with Gasteiger partial charge in [-0.3, -0.25) is 4.79 Å². The second-order valence-corrected chi connectivity index (χ2v) is 3.53. The van der Waals surface area contributed by atoms with Gasteiger partial charge in [0.1, 0.15) is 12.4 Å². The topological polar surface area (TPSA) is 48.7 Å². The van der Waals surface area contributed by atoms with Gasteiger partial charge in [0.25, 0.3) is 0 Å². The average molecular weight is 210 g/mol. The van der Waals surface area contributed by atoms with Crippen LogP contribution in [0.2, 0.25) is 0 Å². The molecule has 1 aliphatic rings. The normalized spacial score (nSPS) is 21.5. The number of hydrogen-bond donors (Lipinski definition) is 0. The van der Waals surface area contributed by atoms with E-state index < -0.39 is 0 Å². The molecular formula is C11H14O4. The monoisotopic (exact) mass is 210 g/mol. The molecule has 15 heavy (non-hydrogen) atoms. The first-order valence-corrected chi connectivity index (χ1v) is 5.15. The summed E-state index contributed by atoms with van der Waals surface area (Å²) < 4.78 is 16.1. The molecule has 0 aromatic carbocycles. The Bertz CT molecular complexity index is 312. The van der Waals surface area contributed by atoms with Crippen molar-refractivity contribution in [1.29, 1.82) is 0 Å². The summed E-state index contributed by atoms with van der Waals surface area (Å²) in [5, 5.41) is 0. The Balaban J connectivity index is 1.79. The van der Waals surface area contributed by atoms with Crippen molar-refractivity contribution < 1.29 is 18.7 Å². The molecule has 0 aliphatic carbocycles. The van der Waals surface area contributed by atoms with Crippen molar-refractivity contribution in [2.75, 3.05) is 6.61 Å². The fourth-order valence-electron chi connectivity index (χ4n) is 1.55. The molecule has 1 aromatic rings. The summed E-state index contributed by atoms with van der Waals surface area (Å²) in [5.74, 6) is 0.990. The predicted octanol–water partition coefficient (Wildman–Crippen LogP) is 2.14. The van der Waals surface area contributed by atoms with Crippen molar-refractivity contribution in [3.63, 3.8) is 0 Å². The van der Waals surface area contributed by atoms with Gasteiger partial charge in [-0.05, 0) is 31.4 Å². The zero-order valence-corrected chi connectivity index (χ0v) is 8.48. The van der Waals surface area contributed by atoms with Gasteiger partial charge in [-0.1, -0.05) is 0 Å². The van der Waals surface area contributed by atoms with Crippen LogP contribution >= 0.6 is 0 Å². The quantitative estimate of drug-likeness (QED) is 0.714. The van der Waals surface area contributed by atoms with Crippen LogP contribution in [0.25, 0.3) is 0 Å². The van der Waals surface area contributed by atoms with E-state index >= 15 is 0 Å². The molecule has 1 fully saturated rings. The fraction of sp³-hybridized carbons (Fsp3) is 0.545. The maximum absolute atomic E-state index is 10.4. The molecule has 1 unspecified atom stereocenters. The molecule has 1 aromatic heterocycles. The van der Waals surface area contributed by atoms with Gasteiger partial charge in [0, 0.05) is 6.61 Å². The first-order valence-electron chi connectivity index (χ1n) is 5.15. The van der Waals surface area contributed by atoms with Gasteiger partial charge in [-0.15, -0.1) is 0 Å². The highest BCUT2D eigenvalue weighted by molar-refractivity contribution is 5.70. The number of ether oxygens (including phenoxy) is 2. The van der Waals surface area contributed by atoms with E-state index in [-0.39, 0.29) is 6.29 Å². The highest BCUT2D eigenvalue weighted by Crippen LogP contribution is 2.16. The van der Waals surface area contributed by atoms with Crippen LogP contribution in [0.1, 0.15) is 35.6 Å². The first-order chi connectivity index (χ1) is 7.38. The molecule has 4 nitrogen and oxygen atoms in total. The minimum absolute atomic E-state index is 0.122. The van der Waals surface area contributed by atoms with Crippen molar-refractivity contribution in [1.82, 2.24) is 0 Å². The number of rotatable bonds is 4. The third-order valence-electron chi connectivity index (χ3n) is 2.35. The third-order valence-corrected chi connectivity index (χ3v) is 2.35. The molecule has 4 heteroatoms. The second kappa shape index (κ2) is 5.09. The van der Waals surface area contributed by atoms with E-state index in [9.17, 15) is 4.79 Å². The summed E-state index contributed by atoms with van der Waals surface area (Å²) in [6.45, 7) is 1.13. The first kappa shape index (κ1) is 10.4. The largest absolute Gasteiger partial charge is 0.456 e. The van der Waals surface area contributed by atoms with Crippen LogP contribution in [-0.4, -0.2) is 19.2 Å². The number of carbonyl (C=O) groups is 1. The molecule has 1 aliphatic heterocycles. The van der Waals surface area contributed by atoms with Gasteiger partial charge >= 0.3 is 0 Å². The lowest BCUT2D eigenvalue weighted by Gasteiger charge is -2.22. The molecule has 0 bridgehead atoms. The Kier molecular flexibility index (Phi) is 3.53. The number of aldehydes is 1. The Morgan fingerprint density at radius 2 is 2.40 bits per heavy atom. The summed E-state index contributed by atoms with van der Waals surface area (Å²) in [4.78, 5) is 10.4. The number of hydrogen-bond acceptors (Lipinski definition) is 4. The summed E-state index contributed by atoms with van der Waals surface area (Å²) >= 11 is 0. The molecule has 0 saturated carbocycles. The second-order valence-electron chi connectivity index (χ2n) is 3.53. The maximum Gasteiger partial charge on any atom is 0.185 e. The molecule has 82 valence electrons. The van der Waals surface area contributed by atoms with Crippen molar-refractivity contribution in [2.45, 2.75) is 32.2 Å². The lowest BCUT2D eigenvalue weighted by atomic mass is 10.2. The maximum atomic E-state index is 10.4. The molecule has 1 saturated heterocycles. The highest BCUT2D eigenvalue weighted by atomic mass is 16.7. The van der Waals surface area contributed by atoms with E-state index in [1.807, 2.05) is 0 Å². The highest BCUT2D eigenvalue weighted by Gasteiger charge is 2.14. The SMILES string of the molecule is O=Cc1ccc(COC2CCCCO2)o1. The van der Waals surface area contributed by atoms with Gasteiger partial charge in [0.05, 0.1) is 0 Å². The van der Waals surface area contributed by atoms with Crippen molar-refractivity contribution in [3.8, 4) is 0 Å².